The van der Waals surface area contributed by atoms with Crippen molar-refractivity contribution in [1.82, 2.24) is 4.90 Å². The van der Waals surface area contributed by atoms with Gasteiger partial charge in [-0.15, -0.1) is 0 Å². The van der Waals surface area contributed by atoms with Crippen LogP contribution in [0.15, 0.2) is 22.6 Å². The van der Waals surface area contributed by atoms with Crippen LogP contribution in [0.2, 0.25) is 0 Å². The summed E-state index contributed by atoms with van der Waals surface area (Å²) >= 11 is 0. The van der Waals surface area contributed by atoms with Crippen LogP contribution in [0.4, 0.5) is 0 Å². The molecular weight excluding hydrogens is 278 g/mol. The van der Waals surface area contributed by atoms with Crippen molar-refractivity contribution in [3.63, 3.8) is 0 Å². The number of benzene rings is 1. The van der Waals surface area contributed by atoms with Crippen LogP contribution in [-0.2, 0) is 0 Å². The van der Waals surface area contributed by atoms with Gasteiger partial charge in [-0.2, -0.15) is 0 Å². The van der Waals surface area contributed by atoms with Crippen molar-refractivity contribution in [2.24, 2.45) is 0 Å². The number of hydrogen-bond acceptors (Lipinski definition) is 3. The zero-order valence-electron chi connectivity index (χ0n) is 13.4. The highest BCUT2D eigenvalue weighted by Gasteiger charge is 2.32. The molecule has 0 aliphatic carbocycles. The van der Waals surface area contributed by atoms with E-state index >= 15 is 0 Å². The molecule has 0 radical (unpaired) electrons. The molecule has 2 unspecified atom stereocenters. The van der Waals surface area contributed by atoms with Gasteiger partial charge in [0.1, 0.15) is 5.58 Å². The molecule has 0 spiro atoms. The number of likely N-dealkylation sites (tertiary alicyclic amines) is 1. The number of aliphatic hydroxyl groups excluding tert-OH is 1. The van der Waals surface area contributed by atoms with Gasteiger partial charge in [0.05, 0.1) is 12.1 Å². The van der Waals surface area contributed by atoms with Gasteiger partial charge >= 0.3 is 0 Å². The monoisotopic (exact) mass is 301 g/mol. The van der Waals surface area contributed by atoms with Crippen molar-refractivity contribution in [3.05, 3.63) is 35.1 Å². The van der Waals surface area contributed by atoms with E-state index in [0.717, 1.165) is 35.8 Å². The molecule has 1 aromatic heterocycles. The minimum Gasteiger partial charge on any atom is -0.451 e. The number of nitrogens with zero attached hydrogens (tertiary/aromatic N) is 1. The van der Waals surface area contributed by atoms with Crippen LogP contribution in [0.5, 0.6) is 0 Å². The molecule has 2 aromatic rings. The SMILES string of the molecule is Cc1cc2cc(C(=O)N3CCCCC3C(C)O)oc2cc1C. The molecule has 1 N–H and O–H groups in total. The zero-order chi connectivity index (χ0) is 15.9. The average molecular weight is 301 g/mol. The predicted octanol–water partition coefficient (Wildman–Crippen LogP) is 3.43. The Morgan fingerprint density at radius 3 is 2.73 bits per heavy atom. The van der Waals surface area contributed by atoms with Gasteiger partial charge in [-0.25, -0.2) is 0 Å². The summed E-state index contributed by atoms with van der Waals surface area (Å²) in [5.41, 5.74) is 3.09. The third kappa shape index (κ3) is 2.63. The second kappa shape index (κ2) is 5.76. The highest BCUT2D eigenvalue weighted by atomic mass is 16.3. The smallest absolute Gasteiger partial charge is 0.289 e. The van der Waals surface area contributed by atoms with Crippen molar-refractivity contribution in [3.8, 4) is 0 Å². The quantitative estimate of drug-likeness (QED) is 0.924. The van der Waals surface area contributed by atoms with Crippen molar-refractivity contribution in [2.75, 3.05) is 6.54 Å². The Hall–Kier alpha value is -1.81. The number of piperidine rings is 1. The van der Waals surface area contributed by atoms with Gasteiger partial charge in [-0.1, -0.05) is 0 Å². The molecule has 1 fully saturated rings. The number of fused-ring (bicyclic) bond motifs is 1. The summed E-state index contributed by atoms with van der Waals surface area (Å²) in [6.07, 6.45) is 2.37. The highest BCUT2D eigenvalue weighted by Crippen LogP contribution is 2.27. The summed E-state index contributed by atoms with van der Waals surface area (Å²) in [5, 5.41) is 10.9. The van der Waals surface area contributed by atoms with Crippen LogP contribution in [-0.4, -0.2) is 34.6 Å². The van der Waals surface area contributed by atoms with Crippen LogP contribution in [0.1, 0.15) is 47.9 Å². The molecular formula is C18H23NO3. The second-order valence-electron chi connectivity index (χ2n) is 6.39. The second-order valence-corrected chi connectivity index (χ2v) is 6.39. The molecule has 0 saturated carbocycles. The number of hydrogen-bond donors (Lipinski definition) is 1. The van der Waals surface area contributed by atoms with E-state index < -0.39 is 6.10 Å². The summed E-state index contributed by atoms with van der Waals surface area (Å²) in [7, 11) is 0. The number of aryl methyl sites for hydroxylation is 2. The van der Waals surface area contributed by atoms with Gasteiger partial charge in [0, 0.05) is 11.9 Å². The Morgan fingerprint density at radius 2 is 2.00 bits per heavy atom. The van der Waals surface area contributed by atoms with E-state index in [9.17, 15) is 9.90 Å². The Bertz CT molecular complexity index is 663. The first kappa shape index (κ1) is 15.1. The van der Waals surface area contributed by atoms with Gasteiger partial charge in [0.25, 0.3) is 5.91 Å². The molecule has 1 aliphatic heterocycles. The molecule has 1 amide bonds. The zero-order valence-corrected chi connectivity index (χ0v) is 13.4. The maximum absolute atomic E-state index is 12.8. The summed E-state index contributed by atoms with van der Waals surface area (Å²) < 4.78 is 5.77. The lowest BCUT2D eigenvalue weighted by Crippen LogP contribution is -2.48. The van der Waals surface area contributed by atoms with Gasteiger partial charge in [-0.05, 0) is 69.4 Å². The first-order chi connectivity index (χ1) is 10.5. The molecule has 4 heteroatoms. The maximum Gasteiger partial charge on any atom is 0.289 e. The lowest BCUT2D eigenvalue weighted by atomic mass is 9.98. The number of furan rings is 1. The Kier molecular flexibility index (Phi) is 3.96. The Labute approximate surface area is 130 Å². The molecule has 3 rings (SSSR count). The van der Waals surface area contributed by atoms with Crippen molar-refractivity contribution < 1.29 is 14.3 Å². The fourth-order valence-corrected chi connectivity index (χ4v) is 3.26. The lowest BCUT2D eigenvalue weighted by molar-refractivity contribution is 0.0259. The molecule has 2 atom stereocenters. The van der Waals surface area contributed by atoms with Crippen molar-refractivity contribution in [1.29, 1.82) is 0 Å². The van der Waals surface area contributed by atoms with E-state index in [0.29, 0.717) is 12.3 Å². The van der Waals surface area contributed by atoms with Crippen LogP contribution < -0.4 is 0 Å². The lowest BCUT2D eigenvalue weighted by Gasteiger charge is -2.36. The predicted molar refractivity (Wildman–Crippen MR) is 86.0 cm³/mol. The van der Waals surface area contributed by atoms with Gasteiger partial charge in [-0.3, -0.25) is 4.79 Å². The van der Waals surface area contributed by atoms with Crippen molar-refractivity contribution in [2.45, 2.75) is 52.2 Å². The van der Waals surface area contributed by atoms with E-state index in [1.54, 1.807) is 11.8 Å². The van der Waals surface area contributed by atoms with Gasteiger partial charge < -0.3 is 14.4 Å². The number of carbonyl (C=O) groups excluding carboxylic acids is 1. The van der Waals surface area contributed by atoms with Crippen LogP contribution >= 0.6 is 0 Å². The molecule has 1 saturated heterocycles. The number of aliphatic hydroxyl groups is 1. The summed E-state index contributed by atoms with van der Waals surface area (Å²) in [5.74, 6) is 0.254. The molecule has 4 nitrogen and oxygen atoms in total. The van der Waals surface area contributed by atoms with Crippen LogP contribution in [0, 0.1) is 13.8 Å². The number of carbonyl (C=O) groups is 1. The van der Waals surface area contributed by atoms with E-state index in [2.05, 4.69) is 6.92 Å². The Balaban J connectivity index is 1.94. The van der Waals surface area contributed by atoms with Crippen molar-refractivity contribution >= 4 is 16.9 Å². The average Bonchev–Trinajstić information content (AvgIpc) is 2.89. The van der Waals surface area contributed by atoms with Crippen LogP contribution in [0.3, 0.4) is 0 Å². The number of amides is 1. The fourth-order valence-electron chi connectivity index (χ4n) is 3.26. The minimum absolute atomic E-state index is 0.113. The summed E-state index contributed by atoms with van der Waals surface area (Å²) in [6.45, 7) is 6.52. The van der Waals surface area contributed by atoms with Crippen LogP contribution in [0.25, 0.3) is 11.0 Å². The topological polar surface area (TPSA) is 53.7 Å². The summed E-state index contributed by atoms with van der Waals surface area (Å²) in [4.78, 5) is 14.5. The third-order valence-electron chi connectivity index (χ3n) is 4.71. The molecule has 22 heavy (non-hydrogen) atoms. The fraction of sp³-hybridized carbons (Fsp3) is 0.500. The molecule has 118 valence electrons. The minimum atomic E-state index is -0.516. The molecule has 1 aliphatic rings. The van der Waals surface area contributed by atoms with E-state index in [4.69, 9.17) is 4.42 Å². The first-order valence-corrected chi connectivity index (χ1v) is 7.97. The Morgan fingerprint density at radius 1 is 1.27 bits per heavy atom. The maximum atomic E-state index is 12.8. The van der Waals surface area contributed by atoms with E-state index in [1.807, 2.05) is 25.1 Å². The standard InChI is InChI=1S/C18H23NO3/c1-11-8-14-10-17(22-16(14)9-12(11)2)18(21)19-7-5-4-6-15(19)13(3)20/h8-10,13,15,20H,4-7H2,1-3H3. The summed E-state index contributed by atoms with van der Waals surface area (Å²) in [6, 6.07) is 5.73. The molecule has 2 heterocycles. The normalized spacial score (nSPS) is 20.4. The van der Waals surface area contributed by atoms with Gasteiger partial charge in [0.15, 0.2) is 5.76 Å². The largest absolute Gasteiger partial charge is 0.451 e. The molecule has 0 bridgehead atoms. The first-order valence-electron chi connectivity index (χ1n) is 7.97. The highest BCUT2D eigenvalue weighted by molar-refractivity contribution is 5.96. The van der Waals surface area contributed by atoms with E-state index in [1.165, 1.54) is 5.56 Å². The van der Waals surface area contributed by atoms with Gasteiger partial charge in [0.2, 0.25) is 0 Å². The number of rotatable bonds is 2. The third-order valence-corrected chi connectivity index (χ3v) is 4.71. The molecule has 1 aromatic carbocycles. The van der Waals surface area contributed by atoms with E-state index in [-0.39, 0.29) is 11.9 Å².